The molecular formula is C13H22O2. The highest BCUT2D eigenvalue weighted by Gasteiger charge is 2.20. The summed E-state index contributed by atoms with van der Waals surface area (Å²) in [6.45, 7) is 9.32. The van der Waals surface area contributed by atoms with Crippen LogP contribution in [0.25, 0.3) is 0 Å². The Morgan fingerprint density at radius 2 is 2.13 bits per heavy atom. The first-order valence-corrected chi connectivity index (χ1v) is 5.51. The van der Waals surface area contributed by atoms with E-state index in [1.807, 2.05) is 26.8 Å². The highest BCUT2D eigenvalue weighted by Crippen LogP contribution is 2.18. The van der Waals surface area contributed by atoms with Crippen molar-refractivity contribution in [1.29, 1.82) is 0 Å². The van der Waals surface area contributed by atoms with Crippen molar-refractivity contribution in [3.63, 3.8) is 0 Å². The number of esters is 1. The Labute approximate surface area is 93.0 Å². The summed E-state index contributed by atoms with van der Waals surface area (Å²) < 4.78 is 5.31. The molecular weight excluding hydrogens is 188 g/mol. The minimum Gasteiger partial charge on any atom is -0.460 e. The third kappa shape index (κ3) is 7.98. The van der Waals surface area contributed by atoms with Gasteiger partial charge in [-0.1, -0.05) is 31.7 Å². The zero-order chi connectivity index (χ0) is 11.7. The molecule has 0 spiro atoms. The third-order valence-electron chi connectivity index (χ3n) is 2.10. The van der Waals surface area contributed by atoms with Crippen LogP contribution in [0.2, 0.25) is 0 Å². The van der Waals surface area contributed by atoms with Gasteiger partial charge in [-0.25, -0.2) is 0 Å². The lowest BCUT2D eigenvalue weighted by atomic mass is 10.0. The molecule has 0 unspecified atom stereocenters. The van der Waals surface area contributed by atoms with Gasteiger partial charge in [-0.15, -0.1) is 0 Å². The fourth-order valence-corrected chi connectivity index (χ4v) is 1.27. The molecule has 0 aromatic carbocycles. The number of allylic oxidation sites excluding steroid dienone is 3. The molecule has 0 aromatic rings. The lowest BCUT2D eigenvalue weighted by Crippen LogP contribution is -2.27. The van der Waals surface area contributed by atoms with Crippen molar-refractivity contribution in [3.05, 3.63) is 24.8 Å². The van der Waals surface area contributed by atoms with E-state index < -0.39 is 0 Å². The first kappa shape index (κ1) is 13.9. The predicted octanol–water partition coefficient (Wildman–Crippen LogP) is 3.63. The van der Waals surface area contributed by atoms with Gasteiger partial charge in [0.1, 0.15) is 5.60 Å². The molecule has 86 valence electrons. The van der Waals surface area contributed by atoms with Gasteiger partial charge in [0.05, 0.1) is 0 Å². The lowest BCUT2D eigenvalue weighted by Gasteiger charge is -2.24. The second kappa shape index (κ2) is 7.27. The molecule has 0 aliphatic carbocycles. The van der Waals surface area contributed by atoms with E-state index in [0.717, 1.165) is 19.3 Å². The maximum atomic E-state index is 11.1. The van der Waals surface area contributed by atoms with Crippen LogP contribution >= 0.6 is 0 Å². The Kier molecular flexibility index (Phi) is 6.76. The SMILES string of the molecule is C=C/C=C/CCCC(C)(C)OC(=O)CC. The number of hydrogen-bond donors (Lipinski definition) is 0. The minimum atomic E-state index is -0.338. The summed E-state index contributed by atoms with van der Waals surface area (Å²) in [5.74, 6) is -0.123. The number of carbonyl (C=O) groups is 1. The van der Waals surface area contributed by atoms with Gasteiger partial charge in [-0.2, -0.15) is 0 Å². The molecule has 0 amide bonds. The van der Waals surface area contributed by atoms with Crippen molar-refractivity contribution in [2.24, 2.45) is 0 Å². The summed E-state index contributed by atoms with van der Waals surface area (Å²) >= 11 is 0. The molecule has 0 rings (SSSR count). The zero-order valence-corrected chi connectivity index (χ0v) is 10.1. The van der Waals surface area contributed by atoms with E-state index in [9.17, 15) is 4.79 Å². The van der Waals surface area contributed by atoms with Crippen LogP contribution in [-0.2, 0) is 9.53 Å². The van der Waals surface area contributed by atoms with Crippen molar-refractivity contribution in [2.75, 3.05) is 0 Å². The molecule has 0 radical (unpaired) electrons. The van der Waals surface area contributed by atoms with Crippen LogP contribution in [0.5, 0.6) is 0 Å². The molecule has 0 fully saturated rings. The van der Waals surface area contributed by atoms with E-state index in [1.165, 1.54) is 0 Å². The summed E-state index contributed by atoms with van der Waals surface area (Å²) in [7, 11) is 0. The van der Waals surface area contributed by atoms with Crippen LogP contribution in [0, 0.1) is 0 Å². The van der Waals surface area contributed by atoms with Gasteiger partial charge in [0.15, 0.2) is 0 Å². The molecule has 2 heteroatoms. The van der Waals surface area contributed by atoms with Gasteiger partial charge in [0.2, 0.25) is 0 Å². The predicted molar refractivity (Wildman–Crippen MR) is 63.7 cm³/mol. The minimum absolute atomic E-state index is 0.123. The van der Waals surface area contributed by atoms with Gasteiger partial charge in [-0.05, 0) is 33.1 Å². The highest BCUT2D eigenvalue weighted by molar-refractivity contribution is 5.69. The van der Waals surface area contributed by atoms with Crippen molar-refractivity contribution in [2.45, 2.75) is 52.1 Å². The molecule has 15 heavy (non-hydrogen) atoms. The first-order valence-electron chi connectivity index (χ1n) is 5.51. The number of carbonyl (C=O) groups excluding carboxylic acids is 1. The smallest absolute Gasteiger partial charge is 0.306 e. The maximum Gasteiger partial charge on any atom is 0.306 e. The molecule has 2 nitrogen and oxygen atoms in total. The third-order valence-corrected chi connectivity index (χ3v) is 2.10. The quantitative estimate of drug-likeness (QED) is 0.364. The number of hydrogen-bond acceptors (Lipinski definition) is 2. The Bertz CT molecular complexity index is 227. The van der Waals surface area contributed by atoms with Crippen LogP contribution in [0.3, 0.4) is 0 Å². The molecule has 0 atom stereocenters. The van der Waals surface area contributed by atoms with E-state index >= 15 is 0 Å². The molecule has 0 aliphatic rings. The Morgan fingerprint density at radius 1 is 1.47 bits per heavy atom. The largest absolute Gasteiger partial charge is 0.460 e. The Hall–Kier alpha value is -1.05. The number of ether oxygens (including phenoxy) is 1. The zero-order valence-electron chi connectivity index (χ0n) is 10.1. The fraction of sp³-hybridized carbons (Fsp3) is 0.615. The normalized spacial score (nSPS) is 11.7. The van der Waals surface area contributed by atoms with Gasteiger partial charge in [-0.3, -0.25) is 4.79 Å². The van der Waals surface area contributed by atoms with Crippen molar-refractivity contribution in [1.82, 2.24) is 0 Å². The van der Waals surface area contributed by atoms with Crippen molar-refractivity contribution in [3.8, 4) is 0 Å². The van der Waals surface area contributed by atoms with E-state index in [1.54, 1.807) is 6.08 Å². The summed E-state index contributed by atoms with van der Waals surface area (Å²) in [5, 5.41) is 0. The summed E-state index contributed by atoms with van der Waals surface area (Å²) in [6, 6.07) is 0. The molecule has 0 bridgehead atoms. The summed E-state index contributed by atoms with van der Waals surface area (Å²) in [5.41, 5.74) is -0.338. The maximum absolute atomic E-state index is 11.1. The first-order chi connectivity index (χ1) is 7.02. The van der Waals surface area contributed by atoms with Gasteiger partial charge >= 0.3 is 5.97 Å². The monoisotopic (exact) mass is 210 g/mol. The van der Waals surface area contributed by atoms with Crippen LogP contribution in [0.4, 0.5) is 0 Å². The second-order valence-corrected chi connectivity index (χ2v) is 4.14. The lowest BCUT2D eigenvalue weighted by molar-refractivity contribution is -0.156. The van der Waals surface area contributed by atoms with Crippen molar-refractivity contribution < 1.29 is 9.53 Å². The second-order valence-electron chi connectivity index (χ2n) is 4.14. The van der Waals surface area contributed by atoms with E-state index in [-0.39, 0.29) is 11.6 Å². The molecule has 0 saturated carbocycles. The van der Waals surface area contributed by atoms with Crippen LogP contribution < -0.4 is 0 Å². The van der Waals surface area contributed by atoms with Gasteiger partial charge in [0, 0.05) is 6.42 Å². The number of unbranched alkanes of at least 4 members (excludes halogenated alkanes) is 1. The summed E-state index contributed by atoms with van der Waals surface area (Å²) in [4.78, 5) is 11.1. The van der Waals surface area contributed by atoms with Gasteiger partial charge < -0.3 is 4.74 Å². The van der Waals surface area contributed by atoms with Gasteiger partial charge in [0.25, 0.3) is 0 Å². The average Bonchev–Trinajstić information content (AvgIpc) is 2.16. The van der Waals surface area contributed by atoms with Crippen LogP contribution in [0.15, 0.2) is 24.8 Å². The standard InChI is InChI=1S/C13H22O2/c1-5-7-8-9-10-11-13(3,4)15-12(14)6-2/h5,7-8H,1,6,9-11H2,2-4H3/b8-7+. The van der Waals surface area contributed by atoms with E-state index in [2.05, 4.69) is 12.7 Å². The molecule has 0 N–H and O–H groups in total. The van der Waals surface area contributed by atoms with Crippen LogP contribution in [-0.4, -0.2) is 11.6 Å². The number of rotatable bonds is 7. The molecule has 0 aromatic heterocycles. The molecule has 0 saturated heterocycles. The fourth-order valence-electron chi connectivity index (χ4n) is 1.27. The van der Waals surface area contributed by atoms with Crippen LogP contribution in [0.1, 0.15) is 46.5 Å². The summed E-state index contributed by atoms with van der Waals surface area (Å²) in [6.07, 6.45) is 9.13. The van der Waals surface area contributed by atoms with E-state index in [0.29, 0.717) is 6.42 Å². The Morgan fingerprint density at radius 3 is 2.67 bits per heavy atom. The Balaban J connectivity index is 3.78. The van der Waals surface area contributed by atoms with E-state index in [4.69, 9.17) is 4.74 Å². The molecule has 0 aliphatic heterocycles. The van der Waals surface area contributed by atoms with Crippen molar-refractivity contribution >= 4 is 5.97 Å². The topological polar surface area (TPSA) is 26.3 Å². The highest BCUT2D eigenvalue weighted by atomic mass is 16.6. The molecule has 0 heterocycles. The average molecular weight is 210 g/mol.